The summed E-state index contributed by atoms with van der Waals surface area (Å²) in [6.07, 6.45) is 2.68. The van der Waals surface area contributed by atoms with Crippen LogP contribution in [0, 0.1) is 5.92 Å². The van der Waals surface area contributed by atoms with Crippen molar-refractivity contribution >= 4 is 21.6 Å². The number of sulfonamides is 1. The molecule has 1 aromatic rings. The quantitative estimate of drug-likeness (QED) is 0.695. The lowest BCUT2D eigenvalue weighted by atomic mass is 9.92. The topological polar surface area (TPSA) is 111 Å². The third-order valence-corrected chi connectivity index (χ3v) is 4.38. The summed E-state index contributed by atoms with van der Waals surface area (Å²) in [5, 5.41) is 2.80. The van der Waals surface area contributed by atoms with E-state index in [1.807, 2.05) is 6.07 Å². The first kappa shape index (κ1) is 17.7. The first-order chi connectivity index (χ1) is 10.8. The Kier molecular flexibility index (Phi) is 5.97. The van der Waals surface area contributed by atoms with Crippen molar-refractivity contribution in [3.05, 3.63) is 29.8 Å². The largest absolute Gasteiger partial charge is 0.381 e. The molecule has 0 spiro atoms. The molecular weight excluding hydrogens is 318 g/mol. The fourth-order valence-electron chi connectivity index (χ4n) is 2.55. The molecule has 8 heteroatoms. The Morgan fingerprint density at radius 1 is 1.39 bits per heavy atom. The highest BCUT2D eigenvalue weighted by atomic mass is 32.2. The second-order valence-electron chi connectivity index (χ2n) is 5.77. The summed E-state index contributed by atoms with van der Waals surface area (Å²) in [6.45, 7) is 1.59. The Balaban J connectivity index is 1.89. The van der Waals surface area contributed by atoms with Crippen LogP contribution in [0.4, 0.5) is 5.69 Å². The smallest absolute Gasteiger partial charge is 0.237 e. The molecule has 0 saturated carbocycles. The predicted octanol–water partition coefficient (Wildman–Crippen LogP) is 0.428. The first-order valence-electron chi connectivity index (χ1n) is 7.53. The maximum Gasteiger partial charge on any atom is 0.237 e. The second kappa shape index (κ2) is 7.76. The Bertz CT molecular complexity index is 642. The molecule has 1 heterocycles. The molecule has 1 aromatic carbocycles. The van der Waals surface area contributed by atoms with E-state index in [0.29, 0.717) is 25.4 Å². The van der Waals surface area contributed by atoms with Gasteiger partial charge in [-0.1, -0.05) is 12.1 Å². The van der Waals surface area contributed by atoms with Crippen molar-refractivity contribution < 1.29 is 17.9 Å². The first-order valence-corrected chi connectivity index (χ1v) is 9.42. The standard InChI is InChI=1S/C15H23N3O4S/c1-23(20,21)18-13-4-2-3-11(9-13)10-17-15(19)14(16)12-5-7-22-8-6-12/h2-4,9,12,14,18H,5-8,10,16H2,1H3,(H,17,19). The van der Waals surface area contributed by atoms with Crippen molar-refractivity contribution in [2.24, 2.45) is 11.7 Å². The molecule has 0 aromatic heterocycles. The van der Waals surface area contributed by atoms with Gasteiger partial charge in [-0.15, -0.1) is 0 Å². The Morgan fingerprint density at radius 3 is 2.74 bits per heavy atom. The lowest BCUT2D eigenvalue weighted by Crippen LogP contribution is -2.46. The lowest BCUT2D eigenvalue weighted by molar-refractivity contribution is -0.124. The maximum absolute atomic E-state index is 12.1. The molecule has 7 nitrogen and oxygen atoms in total. The summed E-state index contributed by atoms with van der Waals surface area (Å²) in [7, 11) is -3.32. The lowest BCUT2D eigenvalue weighted by Gasteiger charge is -2.26. The number of hydrogen-bond acceptors (Lipinski definition) is 5. The number of amides is 1. The Morgan fingerprint density at radius 2 is 2.09 bits per heavy atom. The van der Waals surface area contributed by atoms with Gasteiger partial charge >= 0.3 is 0 Å². The van der Waals surface area contributed by atoms with Crippen LogP contribution in [0.2, 0.25) is 0 Å². The number of carbonyl (C=O) groups is 1. The van der Waals surface area contributed by atoms with E-state index in [9.17, 15) is 13.2 Å². The van der Waals surface area contributed by atoms with Gasteiger partial charge in [0.05, 0.1) is 12.3 Å². The molecule has 1 unspecified atom stereocenters. The van der Waals surface area contributed by atoms with Crippen molar-refractivity contribution in [2.45, 2.75) is 25.4 Å². The summed E-state index contributed by atoms with van der Waals surface area (Å²) < 4.78 is 30.1. The molecule has 1 aliphatic rings. The molecule has 23 heavy (non-hydrogen) atoms. The highest BCUT2D eigenvalue weighted by Crippen LogP contribution is 2.18. The van der Waals surface area contributed by atoms with E-state index in [0.717, 1.165) is 24.7 Å². The fourth-order valence-corrected chi connectivity index (χ4v) is 3.11. The average Bonchev–Trinajstić information content (AvgIpc) is 2.51. The van der Waals surface area contributed by atoms with Gasteiger partial charge in [-0.3, -0.25) is 9.52 Å². The van der Waals surface area contributed by atoms with Crippen LogP contribution >= 0.6 is 0 Å². The minimum absolute atomic E-state index is 0.141. The van der Waals surface area contributed by atoms with Crippen molar-refractivity contribution in [2.75, 3.05) is 24.2 Å². The van der Waals surface area contributed by atoms with Crippen LogP contribution in [0.3, 0.4) is 0 Å². The van der Waals surface area contributed by atoms with Crippen molar-refractivity contribution in [3.63, 3.8) is 0 Å². The van der Waals surface area contributed by atoms with Gasteiger partial charge in [0.15, 0.2) is 0 Å². The average molecular weight is 341 g/mol. The summed E-state index contributed by atoms with van der Waals surface area (Å²) in [6, 6.07) is 6.33. The van der Waals surface area contributed by atoms with Crippen LogP contribution in [0.5, 0.6) is 0 Å². The minimum Gasteiger partial charge on any atom is -0.381 e. The molecular formula is C15H23N3O4S. The van der Waals surface area contributed by atoms with E-state index >= 15 is 0 Å². The zero-order chi connectivity index (χ0) is 16.9. The molecule has 0 aliphatic carbocycles. The number of benzene rings is 1. The van der Waals surface area contributed by atoms with Crippen LogP contribution in [0.25, 0.3) is 0 Å². The molecule has 128 valence electrons. The highest BCUT2D eigenvalue weighted by Gasteiger charge is 2.26. The number of anilines is 1. The number of ether oxygens (including phenoxy) is 1. The molecule has 1 fully saturated rings. The van der Waals surface area contributed by atoms with Crippen LogP contribution < -0.4 is 15.8 Å². The number of hydrogen-bond donors (Lipinski definition) is 3. The monoisotopic (exact) mass is 341 g/mol. The predicted molar refractivity (Wildman–Crippen MR) is 88.3 cm³/mol. The van der Waals surface area contributed by atoms with Crippen molar-refractivity contribution in [1.29, 1.82) is 0 Å². The van der Waals surface area contributed by atoms with Crippen molar-refractivity contribution in [1.82, 2.24) is 5.32 Å². The van der Waals surface area contributed by atoms with E-state index in [4.69, 9.17) is 10.5 Å². The molecule has 0 bridgehead atoms. The van der Waals surface area contributed by atoms with E-state index in [1.165, 1.54) is 0 Å². The third kappa shape index (κ3) is 5.81. The van der Waals surface area contributed by atoms with E-state index < -0.39 is 16.1 Å². The zero-order valence-electron chi connectivity index (χ0n) is 13.1. The summed E-state index contributed by atoms with van der Waals surface area (Å²) >= 11 is 0. The van der Waals surface area contributed by atoms with E-state index in [1.54, 1.807) is 18.2 Å². The summed E-state index contributed by atoms with van der Waals surface area (Å²) in [5.41, 5.74) is 7.27. The van der Waals surface area contributed by atoms with Crippen LogP contribution in [-0.4, -0.2) is 39.8 Å². The molecule has 1 atom stereocenters. The molecule has 1 aliphatic heterocycles. The molecule has 1 saturated heterocycles. The number of carbonyl (C=O) groups excluding carboxylic acids is 1. The molecule has 4 N–H and O–H groups in total. The number of nitrogens with one attached hydrogen (secondary N) is 2. The summed E-state index contributed by atoms with van der Waals surface area (Å²) in [4.78, 5) is 12.1. The molecule has 2 rings (SSSR count). The van der Waals surface area contributed by atoms with Gasteiger partial charge in [0.25, 0.3) is 0 Å². The fraction of sp³-hybridized carbons (Fsp3) is 0.533. The number of rotatable bonds is 6. The van der Waals surface area contributed by atoms with Crippen LogP contribution in [0.15, 0.2) is 24.3 Å². The Hall–Kier alpha value is -1.64. The van der Waals surface area contributed by atoms with Crippen molar-refractivity contribution in [3.8, 4) is 0 Å². The van der Waals surface area contributed by atoms with Gasteiger partial charge in [0.2, 0.25) is 15.9 Å². The van der Waals surface area contributed by atoms with Gasteiger partial charge in [-0.2, -0.15) is 0 Å². The van der Waals surface area contributed by atoms with Crippen LogP contribution in [0.1, 0.15) is 18.4 Å². The Labute approximate surface area is 136 Å². The van der Waals surface area contributed by atoms with E-state index in [2.05, 4.69) is 10.0 Å². The minimum atomic E-state index is -3.32. The second-order valence-corrected chi connectivity index (χ2v) is 7.52. The van der Waals surface area contributed by atoms with Gasteiger partial charge in [-0.05, 0) is 36.5 Å². The SMILES string of the molecule is CS(=O)(=O)Nc1cccc(CNC(=O)C(N)C2CCOCC2)c1. The third-order valence-electron chi connectivity index (χ3n) is 3.77. The normalized spacial score (nSPS) is 17.5. The molecule has 0 radical (unpaired) electrons. The number of nitrogens with two attached hydrogens (primary N) is 1. The van der Waals surface area contributed by atoms with Gasteiger partial charge in [0, 0.05) is 25.4 Å². The van der Waals surface area contributed by atoms with Gasteiger partial charge in [-0.25, -0.2) is 8.42 Å². The van der Waals surface area contributed by atoms with Crippen LogP contribution in [-0.2, 0) is 26.1 Å². The van der Waals surface area contributed by atoms with E-state index in [-0.39, 0.29) is 11.8 Å². The highest BCUT2D eigenvalue weighted by molar-refractivity contribution is 7.92. The molecule has 1 amide bonds. The van der Waals surface area contributed by atoms with Gasteiger partial charge in [0.1, 0.15) is 0 Å². The zero-order valence-corrected chi connectivity index (χ0v) is 13.9. The van der Waals surface area contributed by atoms with Gasteiger partial charge < -0.3 is 15.8 Å². The maximum atomic E-state index is 12.1. The summed E-state index contributed by atoms with van der Waals surface area (Å²) in [5.74, 6) is -0.0552.